The highest BCUT2D eigenvalue weighted by Crippen LogP contribution is 2.24. The summed E-state index contributed by atoms with van der Waals surface area (Å²) in [6.07, 6.45) is 1.56. The summed E-state index contributed by atoms with van der Waals surface area (Å²) in [6, 6.07) is 14.7. The van der Waals surface area contributed by atoms with Crippen LogP contribution in [0.4, 0.5) is 11.4 Å². The van der Waals surface area contributed by atoms with E-state index in [4.69, 9.17) is 4.74 Å². The molecule has 2 aromatic rings. The van der Waals surface area contributed by atoms with Crippen molar-refractivity contribution >= 4 is 23.2 Å². The molecule has 0 saturated carbocycles. The lowest BCUT2D eigenvalue weighted by Gasteiger charge is -2.17. The molecule has 0 aliphatic carbocycles. The van der Waals surface area contributed by atoms with Crippen LogP contribution in [0.2, 0.25) is 0 Å². The molecule has 5 nitrogen and oxygen atoms in total. The monoisotopic (exact) mass is 354 g/mol. The van der Waals surface area contributed by atoms with Gasteiger partial charge in [-0.2, -0.15) is 0 Å². The van der Waals surface area contributed by atoms with Gasteiger partial charge in [-0.1, -0.05) is 38.1 Å². The Morgan fingerprint density at radius 2 is 1.65 bits per heavy atom. The molecule has 0 fully saturated rings. The van der Waals surface area contributed by atoms with Crippen LogP contribution < -0.4 is 15.4 Å². The molecule has 0 aliphatic heterocycles. The third kappa shape index (κ3) is 5.62. The van der Waals surface area contributed by atoms with Crippen LogP contribution in [0.3, 0.4) is 0 Å². The molecule has 2 amide bonds. The molecule has 0 heterocycles. The fourth-order valence-corrected chi connectivity index (χ4v) is 2.62. The van der Waals surface area contributed by atoms with Crippen molar-refractivity contribution in [3.8, 4) is 5.75 Å². The van der Waals surface area contributed by atoms with Gasteiger partial charge in [-0.25, -0.2) is 0 Å². The van der Waals surface area contributed by atoms with E-state index in [9.17, 15) is 9.59 Å². The Balaban J connectivity index is 2.04. The SMILES string of the molecule is CCC(CC)C(=O)Nc1cc(C)ccc1NC(=O)COc1ccccc1. The molecule has 0 atom stereocenters. The minimum Gasteiger partial charge on any atom is -0.484 e. The van der Waals surface area contributed by atoms with E-state index < -0.39 is 0 Å². The van der Waals surface area contributed by atoms with Gasteiger partial charge in [0.05, 0.1) is 11.4 Å². The number of nitrogens with one attached hydrogen (secondary N) is 2. The lowest BCUT2D eigenvalue weighted by molar-refractivity contribution is -0.120. The Morgan fingerprint density at radius 1 is 0.962 bits per heavy atom. The van der Waals surface area contributed by atoms with E-state index in [1.54, 1.807) is 18.2 Å². The van der Waals surface area contributed by atoms with Gasteiger partial charge in [0.1, 0.15) is 5.75 Å². The fourth-order valence-electron chi connectivity index (χ4n) is 2.62. The molecule has 0 bridgehead atoms. The second-order valence-corrected chi connectivity index (χ2v) is 6.20. The number of hydrogen-bond acceptors (Lipinski definition) is 3. The molecule has 26 heavy (non-hydrogen) atoms. The number of rotatable bonds is 8. The number of ether oxygens (including phenoxy) is 1. The van der Waals surface area contributed by atoms with Gasteiger partial charge < -0.3 is 15.4 Å². The van der Waals surface area contributed by atoms with Gasteiger partial charge in [0.2, 0.25) is 5.91 Å². The lowest BCUT2D eigenvalue weighted by Crippen LogP contribution is -2.24. The maximum atomic E-state index is 12.4. The molecule has 0 aromatic heterocycles. The Kier molecular flexibility index (Phi) is 7.21. The maximum absolute atomic E-state index is 12.4. The van der Waals surface area contributed by atoms with Gasteiger partial charge in [-0.05, 0) is 49.6 Å². The summed E-state index contributed by atoms with van der Waals surface area (Å²) in [5.41, 5.74) is 2.18. The molecule has 2 aromatic carbocycles. The van der Waals surface area contributed by atoms with Gasteiger partial charge in [-0.15, -0.1) is 0 Å². The lowest BCUT2D eigenvalue weighted by atomic mass is 10.0. The smallest absolute Gasteiger partial charge is 0.262 e. The molecule has 2 rings (SSSR count). The van der Waals surface area contributed by atoms with Crippen molar-refractivity contribution in [2.24, 2.45) is 5.92 Å². The van der Waals surface area contributed by atoms with E-state index in [-0.39, 0.29) is 24.3 Å². The molecular formula is C21H26N2O3. The van der Waals surface area contributed by atoms with Crippen LogP contribution in [-0.4, -0.2) is 18.4 Å². The number of carbonyl (C=O) groups is 2. The second kappa shape index (κ2) is 9.61. The fraction of sp³-hybridized carbons (Fsp3) is 0.333. The van der Waals surface area contributed by atoms with Crippen molar-refractivity contribution < 1.29 is 14.3 Å². The van der Waals surface area contributed by atoms with Crippen LogP contribution in [0, 0.1) is 12.8 Å². The van der Waals surface area contributed by atoms with Crippen molar-refractivity contribution in [1.29, 1.82) is 0 Å². The van der Waals surface area contributed by atoms with Crippen molar-refractivity contribution in [2.75, 3.05) is 17.2 Å². The molecule has 138 valence electrons. The summed E-state index contributed by atoms with van der Waals surface area (Å²) in [6.45, 7) is 5.83. The van der Waals surface area contributed by atoms with Crippen molar-refractivity contribution in [1.82, 2.24) is 0 Å². The zero-order valence-corrected chi connectivity index (χ0v) is 15.5. The van der Waals surface area contributed by atoms with Gasteiger partial charge in [0, 0.05) is 5.92 Å². The number of aryl methyl sites for hydroxylation is 1. The summed E-state index contributed by atoms with van der Waals surface area (Å²) in [4.78, 5) is 24.6. The average molecular weight is 354 g/mol. The summed E-state index contributed by atoms with van der Waals surface area (Å²) in [5, 5.41) is 5.75. The van der Waals surface area contributed by atoms with Crippen molar-refractivity contribution in [3.63, 3.8) is 0 Å². The quantitative estimate of drug-likeness (QED) is 0.739. The minimum absolute atomic E-state index is 0.0309. The van der Waals surface area contributed by atoms with E-state index in [1.165, 1.54) is 0 Å². The molecule has 0 spiro atoms. The highest BCUT2D eigenvalue weighted by molar-refractivity contribution is 6.00. The third-order valence-electron chi connectivity index (χ3n) is 4.18. The first-order valence-electron chi connectivity index (χ1n) is 8.92. The summed E-state index contributed by atoms with van der Waals surface area (Å²) >= 11 is 0. The predicted octanol–water partition coefficient (Wildman–Crippen LogP) is 4.39. The Morgan fingerprint density at radius 3 is 2.31 bits per heavy atom. The number of benzene rings is 2. The molecule has 0 aliphatic rings. The van der Waals surface area contributed by atoms with E-state index in [0.29, 0.717) is 17.1 Å². The van der Waals surface area contributed by atoms with Crippen molar-refractivity contribution in [3.05, 3.63) is 54.1 Å². The molecule has 2 N–H and O–H groups in total. The summed E-state index contributed by atoms with van der Waals surface area (Å²) in [5.74, 6) is 0.279. The van der Waals surface area contributed by atoms with Crippen molar-refractivity contribution in [2.45, 2.75) is 33.6 Å². The average Bonchev–Trinajstić information content (AvgIpc) is 2.64. The van der Waals surface area contributed by atoms with Gasteiger partial charge in [0.15, 0.2) is 6.61 Å². The molecule has 0 unspecified atom stereocenters. The largest absolute Gasteiger partial charge is 0.484 e. The molecule has 5 heteroatoms. The standard InChI is InChI=1S/C21H26N2O3/c1-4-16(5-2)21(25)23-19-13-15(3)11-12-18(19)22-20(24)14-26-17-9-7-6-8-10-17/h6-13,16H,4-5,14H2,1-3H3,(H,22,24)(H,23,25). The molecular weight excluding hydrogens is 328 g/mol. The van der Waals surface area contributed by atoms with E-state index in [2.05, 4.69) is 10.6 Å². The van der Waals surface area contributed by atoms with Crippen LogP contribution in [-0.2, 0) is 9.59 Å². The van der Waals surface area contributed by atoms with Crippen LogP contribution in [0.1, 0.15) is 32.3 Å². The van der Waals surface area contributed by atoms with Gasteiger partial charge in [-0.3, -0.25) is 9.59 Å². The Hall–Kier alpha value is -2.82. The van der Waals surface area contributed by atoms with Gasteiger partial charge in [0.25, 0.3) is 5.91 Å². The number of carbonyl (C=O) groups excluding carboxylic acids is 2. The summed E-state index contributed by atoms with van der Waals surface area (Å²) < 4.78 is 5.46. The zero-order valence-electron chi connectivity index (χ0n) is 15.5. The maximum Gasteiger partial charge on any atom is 0.262 e. The summed E-state index contributed by atoms with van der Waals surface area (Å²) in [7, 11) is 0. The number of anilines is 2. The highest BCUT2D eigenvalue weighted by atomic mass is 16.5. The van der Waals surface area contributed by atoms with Crippen LogP contribution in [0.25, 0.3) is 0 Å². The van der Waals surface area contributed by atoms with Crippen LogP contribution in [0.5, 0.6) is 5.75 Å². The number of hydrogen-bond donors (Lipinski definition) is 2. The number of amides is 2. The van der Waals surface area contributed by atoms with Gasteiger partial charge >= 0.3 is 0 Å². The van der Waals surface area contributed by atoms with E-state index >= 15 is 0 Å². The zero-order chi connectivity index (χ0) is 18.9. The Bertz CT molecular complexity index is 740. The number of para-hydroxylation sites is 1. The van der Waals surface area contributed by atoms with Crippen LogP contribution in [0.15, 0.2) is 48.5 Å². The van der Waals surface area contributed by atoms with E-state index in [1.807, 2.05) is 51.1 Å². The topological polar surface area (TPSA) is 67.4 Å². The third-order valence-corrected chi connectivity index (χ3v) is 4.18. The minimum atomic E-state index is -0.282. The Labute approximate surface area is 154 Å². The van der Waals surface area contributed by atoms with E-state index in [0.717, 1.165) is 18.4 Å². The normalized spacial score (nSPS) is 10.5. The highest BCUT2D eigenvalue weighted by Gasteiger charge is 2.16. The second-order valence-electron chi connectivity index (χ2n) is 6.20. The molecule has 0 radical (unpaired) electrons. The van der Waals surface area contributed by atoms with Crippen LogP contribution >= 0.6 is 0 Å². The first kappa shape index (κ1) is 19.5. The first-order valence-corrected chi connectivity index (χ1v) is 8.92. The first-order chi connectivity index (χ1) is 12.5. The predicted molar refractivity (Wildman–Crippen MR) is 104 cm³/mol. The molecule has 0 saturated heterocycles.